The lowest BCUT2D eigenvalue weighted by atomic mass is 10.0. The van der Waals surface area contributed by atoms with Crippen molar-refractivity contribution in [1.29, 1.82) is 0 Å². The molecule has 0 amide bonds. The van der Waals surface area contributed by atoms with Crippen LogP contribution in [0, 0.1) is 19.8 Å². The molecule has 1 aliphatic heterocycles. The average molecular weight is 213 g/mol. The molecule has 0 aliphatic carbocycles. The van der Waals surface area contributed by atoms with Crippen LogP contribution >= 0.6 is 0 Å². The lowest BCUT2D eigenvalue weighted by molar-refractivity contribution is 0.0611. The summed E-state index contributed by atoms with van der Waals surface area (Å²) in [5.74, 6) is 0.291. The molecule has 82 valence electrons. The molecule has 0 aromatic carbocycles. The Bertz CT molecular complexity index is 362. The first-order valence-corrected chi connectivity index (χ1v) is 4.91. The quantitative estimate of drug-likeness (QED) is 0.750. The molecule has 1 fully saturated rings. The number of hydrogen-bond acceptors (Lipinski definition) is 3. The van der Waals surface area contributed by atoms with Crippen molar-refractivity contribution in [3.05, 3.63) is 17.6 Å². The Labute approximate surface area is 87.1 Å². The van der Waals surface area contributed by atoms with E-state index in [1.165, 1.54) is 6.33 Å². The highest BCUT2D eigenvalue weighted by atomic mass is 19.3. The first kappa shape index (κ1) is 10.3. The van der Waals surface area contributed by atoms with Crippen LogP contribution in [-0.4, -0.2) is 29.5 Å². The van der Waals surface area contributed by atoms with Gasteiger partial charge >= 0.3 is 0 Å². The number of halogens is 2. The minimum atomic E-state index is -2.22. The van der Waals surface area contributed by atoms with Crippen LogP contribution in [0.25, 0.3) is 0 Å². The van der Waals surface area contributed by atoms with Gasteiger partial charge in [0.1, 0.15) is 12.1 Å². The van der Waals surface area contributed by atoms with Gasteiger partial charge in [0.25, 0.3) is 0 Å². The van der Waals surface area contributed by atoms with Crippen LogP contribution < -0.4 is 4.90 Å². The Morgan fingerprint density at radius 2 is 2.00 bits per heavy atom. The summed E-state index contributed by atoms with van der Waals surface area (Å²) in [6, 6.07) is 0. The van der Waals surface area contributed by atoms with Crippen molar-refractivity contribution in [2.24, 2.45) is 5.92 Å². The predicted octanol–water partition coefficient (Wildman–Crippen LogP) is 1.79. The van der Waals surface area contributed by atoms with Crippen molar-refractivity contribution in [3.63, 3.8) is 0 Å². The number of nitrogens with zero attached hydrogens (tertiary/aromatic N) is 3. The molecule has 0 bridgehead atoms. The second-order valence-corrected chi connectivity index (χ2v) is 3.91. The number of anilines is 1. The molecule has 1 saturated heterocycles. The molecule has 1 aliphatic rings. The van der Waals surface area contributed by atoms with Gasteiger partial charge < -0.3 is 4.90 Å². The molecule has 1 aromatic heterocycles. The number of rotatable bonds is 2. The van der Waals surface area contributed by atoms with Gasteiger partial charge in [0.2, 0.25) is 6.43 Å². The van der Waals surface area contributed by atoms with E-state index in [1.807, 2.05) is 18.7 Å². The topological polar surface area (TPSA) is 29.0 Å². The first-order valence-electron chi connectivity index (χ1n) is 4.91. The third kappa shape index (κ3) is 1.78. The van der Waals surface area contributed by atoms with E-state index in [0.29, 0.717) is 13.1 Å². The second-order valence-electron chi connectivity index (χ2n) is 3.91. The molecule has 0 spiro atoms. The van der Waals surface area contributed by atoms with Crippen molar-refractivity contribution in [1.82, 2.24) is 9.97 Å². The van der Waals surface area contributed by atoms with Gasteiger partial charge in [0.15, 0.2) is 0 Å². The van der Waals surface area contributed by atoms with Gasteiger partial charge in [-0.2, -0.15) is 0 Å². The maximum atomic E-state index is 12.3. The van der Waals surface area contributed by atoms with E-state index < -0.39 is 12.3 Å². The van der Waals surface area contributed by atoms with Gasteiger partial charge in [-0.25, -0.2) is 18.7 Å². The fourth-order valence-electron chi connectivity index (χ4n) is 1.69. The van der Waals surface area contributed by atoms with Crippen LogP contribution in [0.3, 0.4) is 0 Å². The number of hydrogen-bond donors (Lipinski definition) is 0. The van der Waals surface area contributed by atoms with Crippen molar-refractivity contribution < 1.29 is 8.78 Å². The average Bonchev–Trinajstić information content (AvgIpc) is 2.09. The van der Waals surface area contributed by atoms with Gasteiger partial charge in [0.05, 0.1) is 5.92 Å². The maximum Gasteiger partial charge on any atom is 0.244 e. The van der Waals surface area contributed by atoms with E-state index in [1.54, 1.807) is 0 Å². The number of alkyl halides is 2. The number of aryl methyl sites for hydroxylation is 1. The van der Waals surface area contributed by atoms with Crippen LogP contribution in [0.1, 0.15) is 11.3 Å². The van der Waals surface area contributed by atoms with Crippen LogP contribution in [0.2, 0.25) is 0 Å². The molecular formula is C10H13F2N3. The molecule has 0 N–H and O–H groups in total. The van der Waals surface area contributed by atoms with E-state index >= 15 is 0 Å². The molecule has 15 heavy (non-hydrogen) atoms. The van der Waals surface area contributed by atoms with E-state index in [2.05, 4.69) is 9.97 Å². The lowest BCUT2D eigenvalue weighted by Gasteiger charge is -2.40. The highest BCUT2D eigenvalue weighted by Crippen LogP contribution is 2.29. The molecule has 0 radical (unpaired) electrons. The fourth-order valence-corrected chi connectivity index (χ4v) is 1.69. The van der Waals surface area contributed by atoms with Crippen LogP contribution in [-0.2, 0) is 0 Å². The summed E-state index contributed by atoms with van der Waals surface area (Å²) in [7, 11) is 0. The third-order valence-electron chi connectivity index (χ3n) is 2.88. The molecule has 0 saturated carbocycles. The van der Waals surface area contributed by atoms with Crippen molar-refractivity contribution in [2.75, 3.05) is 18.0 Å². The standard InChI is InChI=1S/C10H13F2N3/c1-6-7(2)13-5-14-10(6)15-3-8(4-15)9(11)12/h5,8-9H,3-4H2,1-2H3. The van der Waals surface area contributed by atoms with Gasteiger partial charge in [-0.1, -0.05) is 0 Å². The molecule has 1 aromatic rings. The first-order chi connectivity index (χ1) is 7.09. The highest BCUT2D eigenvalue weighted by molar-refractivity contribution is 5.49. The predicted molar refractivity (Wildman–Crippen MR) is 53.2 cm³/mol. The Hall–Kier alpha value is -1.26. The van der Waals surface area contributed by atoms with Crippen molar-refractivity contribution in [2.45, 2.75) is 20.3 Å². The van der Waals surface area contributed by atoms with Crippen LogP contribution in [0.15, 0.2) is 6.33 Å². The Morgan fingerprint density at radius 3 is 2.60 bits per heavy atom. The third-order valence-corrected chi connectivity index (χ3v) is 2.88. The summed E-state index contributed by atoms with van der Waals surface area (Å²) >= 11 is 0. The minimum absolute atomic E-state index is 0.398. The largest absolute Gasteiger partial charge is 0.355 e. The summed E-state index contributed by atoms with van der Waals surface area (Å²) in [6.07, 6.45) is -0.739. The minimum Gasteiger partial charge on any atom is -0.355 e. The molecule has 2 rings (SSSR count). The summed E-state index contributed by atoms with van der Waals surface area (Å²) in [4.78, 5) is 10.0. The molecule has 3 nitrogen and oxygen atoms in total. The normalized spacial score (nSPS) is 17.0. The smallest absolute Gasteiger partial charge is 0.244 e. The molecule has 0 unspecified atom stereocenters. The zero-order valence-electron chi connectivity index (χ0n) is 8.74. The summed E-state index contributed by atoms with van der Waals surface area (Å²) in [5.41, 5.74) is 1.88. The van der Waals surface area contributed by atoms with Crippen LogP contribution in [0.5, 0.6) is 0 Å². The zero-order chi connectivity index (χ0) is 11.0. The summed E-state index contributed by atoms with van der Waals surface area (Å²) in [5, 5.41) is 0. The summed E-state index contributed by atoms with van der Waals surface area (Å²) < 4.78 is 24.6. The van der Waals surface area contributed by atoms with Crippen molar-refractivity contribution in [3.8, 4) is 0 Å². The van der Waals surface area contributed by atoms with Gasteiger partial charge in [-0.3, -0.25) is 0 Å². The molecule has 0 atom stereocenters. The maximum absolute atomic E-state index is 12.3. The fraction of sp³-hybridized carbons (Fsp3) is 0.600. The van der Waals surface area contributed by atoms with Gasteiger partial charge in [0, 0.05) is 24.3 Å². The second kappa shape index (κ2) is 3.72. The Kier molecular flexibility index (Phi) is 2.54. The van der Waals surface area contributed by atoms with E-state index in [4.69, 9.17) is 0 Å². The SMILES string of the molecule is Cc1ncnc(N2CC(C(F)F)C2)c1C. The summed E-state index contributed by atoms with van der Waals surface area (Å²) in [6.45, 7) is 4.61. The van der Waals surface area contributed by atoms with E-state index in [-0.39, 0.29) is 0 Å². The Balaban J connectivity index is 2.10. The van der Waals surface area contributed by atoms with Crippen molar-refractivity contribution >= 4 is 5.82 Å². The van der Waals surface area contributed by atoms with Crippen LogP contribution in [0.4, 0.5) is 14.6 Å². The molecule has 5 heteroatoms. The highest BCUT2D eigenvalue weighted by Gasteiger charge is 2.35. The Morgan fingerprint density at radius 1 is 1.33 bits per heavy atom. The van der Waals surface area contributed by atoms with E-state index in [0.717, 1.165) is 17.1 Å². The monoisotopic (exact) mass is 213 g/mol. The molecule has 2 heterocycles. The van der Waals surface area contributed by atoms with Gasteiger partial charge in [-0.05, 0) is 13.8 Å². The van der Waals surface area contributed by atoms with E-state index in [9.17, 15) is 8.78 Å². The molecular weight excluding hydrogens is 200 g/mol. The lowest BCUT2D eigenvalue weighted by Crippen LogP contribution is -2.50. The number of aromatic nitrogens is 2. The van der Waals surface area contributed by atoms with Gasteiger partial charge in [-0.15, -0.1) is 0 Å². The zero-order valence-corrected chi connectivity index (χ0v) is 8.74.